The third-order valence-corrected chi connectivity index (χ3v) is 2.90. The smallest absolute Gasteiger partial charge is 0.338 e. The Hall–Kier alpha value is -1.92. The Labute approximate surface area is 123 Å². The van der Waals surface area contributed by atoms with E-state index in [-0.39, 0.29) is 6.61 Å². The van der Waals surface area contributed by atoms with Gasteiger partial charge in [0, 0.05) is 0 Å². The lowest BCUT2D eigenvalue weighted by atomic mass is 10.0. The van der Waals surface area contributed by atoms with Crippen molar-refractivity contribution in [2.75, 3.05) is 19.8 Å². The Balaban J connectivity index is 2.98. The van der Waals surface area contributed by atoms with Crippen LogP contribution in [0.2, 0.25) is 0 Å². The molecule has 0 aromatic heterocycles. The molecule has 0 radical (unpaired) electrons. The number of aliphatic hydroxyl groups excluding tert-OH is 2. The molecule has 0 unspecified atom stereocenters. The molecule has 0 aliphatic rings. The van der Waals surface area contributed by atoms with Crippen molar-refractivity contribution in [3.63, 3.8) is 0 Å². The Morgan fingerprint density at radius 3 is 2.33 bits per heavy atom. The van der Waals surface area contributed by atoms with Gasteiger partial charge in [0.25, 0.3) is 0 Å². The number of ether oxygens (including phenoxy) is 2. The van der Waals surface area contributed by atoms with Gasteiger partial charge in [0.05, 0.1) is 30.9 Å². The van der Waals surface area contributed by atoms with Crippen molar-refractivity contribution in [2.24, 2.45) is 0 Å². The van der Waals surface area contributed by atoms with Gasteiger partial charge < -0.3 is 19.7 Å². The van der Waals surface area contributed by atoms with Gasteiger partial charge in [-0.2, -0.15) is 0 Å². The molecule has 0 atom stereocenters. The molecule has 6 heteroatoms. The van der Waals surface area contributed by atoms with Crippen LogP contribution in [0.25, 0.3) is 0 Å². The number of carbonyl (C=O) groups excluding carboxylic acids is 2. The fourth-order valence-electron chi connectivity index (χ4n) is 1.77. The molecule has 0 spiro atoms. The van der Waals surface area contributed by atoms with Crippen LogP contribution in [0.15, 0.2) is 18.2 Å². The van der Waals surface area contributed by atoms with Gasteiger partial charge in [0.15, 0.2) is 0 Å². The maximum atomic E-state index is 12.0. The molecule has 116 valence electrons. The molecule has 6 nitrogen and oxygen atoms in total. The van der Waals surface area contributed by atoms with E-state index in [1.807, 2.05) is 6.92 Å². The maximum Gasteiger partial charge on any atom is 0.338 e. The first-order valence-corrected chi connectivity index (χ1v) is 6.80. The van der Waals surface area contributed by atoms with Gasteiger partial charge in [-0.3, -0.25) is 0 Å². The molecule has 0 amide bonds. The van der Waals surface area contributed by atoms with Crippen LogP contribution in [-0.2, 0) is 15.9 Å². The van der Waals surface area contributed by atoms with E-state index in [2.05, 4.69) is 0 Å². The number of carbonyl (C=O) groups is 2. The molecule has 0 heterocycles. The SMILES string of the molecule is CCOC(=O)c1ccc(C(=O)OC(CO)CO)c(CC)c1. The highest BCUT2D eigenvalue weighted by Crippen LogP contribution is 2.16. The summed E-state index contributed by atoms with van der Waals surface area (Å²) in [7, 11) is 0. The fourth-order valence-corrected chi connectivity index (χ4v) is 1.77. The van der Waals surface area contributed by atoms with Crippen LogP contribution in [0.1, 0.15) is 40.1 Å². The quantitative estimate of drug-likeness (QED) is 0.727. The molecule has 1 rings (SSSR count). The zero-order valence-corrected chi connectivity index (χ0v) is 12.2. The summed E-state index contributed by atoms with van der Waals surface area (Å²) in [6.07, 6.45) is -0.424. The van der Waals surface area contributed by atoms with E-state index in [4.69, 9.17) is 19.7 Å². The molecule has 0 bridgehead atoms. The lowest BCUT2D eigenvalue weighted by Gasteiger charge is -2.15. The van der Waals surface area contributed by atoms with Crippen molar-refractivity contribution < 1.29 is 29.3 Å². The summed E-state index contributed by atoms with van der Waals surface area (Å²) >= 11 is 0. The molecular formula is C15H20O6. The summed E-state index contributed by atoms with van der Waals surface area (Å²) in [6, 6.07) is 4.56. The molecule has 0 aliphatic carbocycles. The molecule has 0 saturated carbocycles. The van der Waals surface area contributed by atoms with Crippen LogP contribution >= 0.6 is 0 Å². The monoisotopic (exact) mass is 296 g/mol. The molecule has 21 heavy (non-hydrogen) atoms. The van der Waals surface area contributed by atoms with Crippen molar-refractivity contribution in [1.29, 1.82) is 0 Å². The first-order valence-electron chi connectivity index (χ1n) is 6.80. The van der Waals surface area contributed by atoms with E-state index in [1.165, 1.54) is 12.1 Å². The first kappa shape index (κ1) is 17.1. The summed E-state index contributed by atoms with van der Waals surface area (Å²) in [5, 5.41) is 17.9. The molecule has 1 aromatic rings. The van der Waals surface area contributed by atoms with E-state index < -0.39 is 31.3 Å². The molecule has 0 fully saturated rings. The van der Waals surface area contributed by atoms with Crippen LogP contribution < -0.4 is 0 Å². The number of hydrogen-bond acceptors (Lipinski definition) is 6. The molecule has 2 N–H and O–H groups in total. The summed E-state index contributed by atoms with van der Waals surface area (Å²) in [5.41, 5.74) is 1.31. The van der Waals surface area contributed by atoms with Crippen molar-refractivity contribution in [1.82, 2.24) is 0 Å². The number of aliphatic hydroxyl groups is 2. The minimum absolute atomic E-state index is 0.277. The molecule has 0 saturated heterocycles. The number of hydrogen-bond donors (Lipinski definition) is 2. The van der Waals surface area contributed by atoms with E-state index in [0.717, 1.165) is 0 Å². The second kappa shape index (κ2) is 8.39. The van der Waals surface area contributed by atoms with Crippen molar-refractivity contribution in [2.45, 2.75) is 26.4 Å². The van der Waals surface area contributed by atoms with Gasteiger partial charge in [-0.15, -0.1) is 0 Å². The first-order chi connectivity index (χ1) is 10.1. The van der Waals surface area contributed by atoms with Gasteiger partial charge in [-0.1, -0.05) is 6.92 Å². The lowest BCUT2D eigenvalue weighted by Crippen LogP contribution is -2.26. The molecule has 1 aromatic carbocycles. The summed E-state index contributed by atoms with van der Waals surface area (Å²) < 4.78 is 9.88. The van der Waals surface area contributed by atoms with Gasteiger partial charge in [-0.25, -0.2) is 9.59 Å². The second-order valence-electron chi connectivity index (χ2n) is 4.34. The predicted octanol–water partition coefficient (Wildman–Crippen LogP) is 0.936. The number of esters is 2. The highest BCUT2D eigenvalue weighted by Gasteiger charge is 2.18. The highest BCUT2D eigenvalue weighted by atomic mass is 16.6. The minimum atomic E-state index is -0.952. The largest absolute Gasteiger partial charge is 0.462 e. The van der Waals surface area contributed by atoms with Gasteiger partial charge in [-0.05, 0) is 37.1 Å². The number of benzene rings is 1. The van der Waals surface area contributed by atoms with E-state index in [9.17, 15) is 9.59 Å². The van der Waals surface area contributed by atoms with Crippen molar-refractivity contribution in [3.8, 4) is 0 Å². The Kier molecular flexibility index (Phi) is 6.84. The average Bonchev–Trinajstić information content (AvgIpc) is 2.51. The number of rotatable bonds is 7. The Bertz CT molecular complexity index is 493. The highest BCUT2D eigenvalue weighted by molar-refractivity contribution is 5.95. The van der Waals surface area contributed by atoms with Gasteiger partial charge >= 0.3 is 11.9 Å². The van der Waals surface area contributed by atoms with E-state index in [0.29, 0.717) is 23.1 Å². The van der Waals surface area contributed by atoms with Gasteiger partial charge in [0.2, 0.25) is 0 Å². The third-order valence-electron chi connectivity index (χ3n) is 2.90. The van der Waals surface area contributed by atoms with Crippen molar-refractivity contribution in [3.05, 3.63) is 34.9 Å². The Morgan fingerprint density at radius 1 is 1.14 bits per heavy atom. The van der Waals surface area contributed by atoms with Crippen LogP contribution in [0.5, 0.6) is 0 Å². The average molecular weight is 296 g/mol. The zero-order valence-electron chi connectivity index (χ0n) is 12.2. The van der Waals surface area contributed by atoms with E-state index >= 15 is 0 Å². The van der Waals surface area contributed by atoms with Gasteiger partial charge in [0.1, 0.15) is 6.10 Å². The van der Waals surface area contributed by atoms with Crippen LogP contribution in [0.4, 0.5) is 0 Å². The summed E-state index contributed by atoms with van der Waals surface area (Å²) in [4.78, 5) is 23.7. The topological polar surface area (TPSA) is 93.1 Å². The van der Waals surface area contributed by atoms with Crippen LogP contribution in [0.3, 0.4) is 0 Å². The van der Waals surface area contributed by atoms with E-state index in [1.54, 1.807) is 13.0 Å². The zero-order chi connectivity index (χ0) is 15.8. The third kappa shape index (κ3) is 4.54. The maximum absolute atomic E-state index is 12.0. The summed E-state index contributed by atoms with van der Waals surface area (Å²) in [6.45, 7) is 2.93. The van der Waals surface area contributed by atoms with Crippen LogP contribution in [-0.4, -0.2) is 48.1 Å². The normalized spacial score (nSPS) is 10.5. The fraction of sp³-hybridized carbons (Fsp3) is 0.467. The molecule has 0 aliphatic heterocycles. The number of aryl methyl sites for hydroxylation is 1. The second-order valence-corrected chi connectivity index (χ2v) is 4.34. The van der Waals surface area contributed by atoms with Crippen LogP contribution in [0, 0.1) is 0 Å². The Morgan fingerprint density at radius 2 is 1.81 bits per heavy atom. The minimum Gasteiger partial charge on any atom is -0.462 e. The molecular weight excluding hydrogens is 276 g/mol. The standard InChI is InChI=1S/C15H20O6/c1-3-10-7-11(14(18)20-4-2)5-6-13(10)15(19)21-12(8-16)9-17/h5-7,12,16-17H,3-4,8-9H2,1-2H3. The van der Waals surface area contributed by atoms with Crippen molar-refractivity contribution >= 4 is 11.9 Å². The lowest BCUT2D eigenvalue weighted by molar-refractivity contribution is -0.00555. The summed E-state index contributed by atoms with van der Waals surface area (Å²) in [5.74, 6) is -1.09. The predicted molar refractivity (Wildman–Crippen MR) is 75.2 cm³/mol.